The number of likely N-dealkylation sites (tertiary alicyclic amines) is 1. The molecule has 0 bridgehead atoms. The normalized spacial score (nSPS) is 13.7. The highest BCUT2D eigenvalue weighted by Gasteiger charge is 2.20. The van der Waals surface area contributed by atoms with Crippen molar-refractivity contribution < 1.29 is 19.2 Å². The van der Waals surface area contributed by atoms with E-state index in [0.29, 0.717) is 40.4 Å². The maximum Gasteiger partial charge on any atom is 0.311 e. The minimum Gasteiger partial charge on any atom is -0.485 e. The minimum atomic E-state index is -0.457. The van der Waals surface area contributed by atoms with Gasteiger partial charge in [-0.15, -0.1) is 0 Å². The van der Waals surface area contributed by atoms with Gasteiger partial charge >= 0.3 is 5.69 Å². The van der Waals surface area contributed by atoms with E-state index >= 15 is 0 Å². The number of rotatable bonds is 9. The first-order valence-corrected chi connectivity index (χ1v) is 12.5. The van der Waals surface area contributed by atoms with Gasteiger partial charge in [0.2, 0.25) is 0 Å². The first kappa shape index (κ1) is 25.1. The lowest BCUT2D eigenvalue weighted by Gasteiger charge is -2.26. The summed E-state index contributed by atoms with van der Waals surface area (Å²) in [6.45, 7) is 3.15. The van der Waals surface area contributed by atoms with Crippen LogP contribution in [0.15, 0.2) is 73.1 Å². The van der Waals surface area contributed by atoms with E-state index in [1.54, 1.807) is 67.0 Å². The van der Waals surface area contributed by atoms with E-state index in [9.17, 15) is 14.9 Å². The fourth-order valence-corrected chi connectivity index (χ4v) is 4.38. The van der Waals surface area contributed by atoms with Gasteiger partial charge in [0.15, 0.2) is 5.75 Å². The average molecular weight is 514 g/mol. The number of nitro benzene ring substituents is 1. The van der Waals surface area contributed by atoms with Crippen LogP contribution >= 0.6 is 0 Å². The molecule has 0 radical (unpaired) electrons. The summed E-state index contributed by atoms with van der Waals surface area (Å²) in [6.07, 6.45) is 6.76. The molecular formula is C28H27N5O5. The SMILES string of the molecule is O=C(Nc1ccccn1)c1ccc(Oc2ccnc3cc(OCCN4CCCCC4)c([N+](=O)[O-])cc23)cc1. The number of pyridine rings is 2. The standard InChI is InChI=1S/C28H27N5O5/c34-28(31-27-6-2-3-12-30-27)20-7-9-21(10-8-20)38-25-11-13-29-23-19-26(24(33(35)36)18-22(23)25)37-17-16-32-14-4-1-5-15-32/h2-3,6-13,18-19H,1,4-5,14-17H2,(H,30,31,34). The third kappa shape index (κ3) is 6.04. The Morgan fingerprint density at radius 1 is 0.974 bits per heavy atom. The summed E-state index contributed by atoms with van der Waals surface area (Å²) in [5.74, 6) is 1.22. The second-order valence-corrected chi connectivity index (χ2v) is 8.95. The number of hydrogen-bond acceptors (Lipinski definition) is 8. The number of carbonyl (C=O) groups is 1. The van der Waals surface area contributed by atoms with Gasteiger partial charge in [0.25, 0.3) is 5.91 Å². The van der Waals surface area contributed by atoms with Crippen LogP contribution in [0.3, 0.4) is 0 Å². The van der Waals surface area contributed by atoms with Gasteiger partial charge in [-0.2, -0.15) is 0 Å². The maximum atomic E-state index is 12.5. The number of nitro groups is 1. The zero-order valence-corrected chi connectivity index (χ0v) is 20.7. The van der Waals surface area contributed by atoms with Crippen LogP contribution in [-0.2, 0) is 0 Å². The predicted molar refractivity (Wildman–Crippen MR) is 143 cm³/mol. The zero-order valence-electron chi connectivity index (χ0n) is 20.7. The van der Waals surface area contributed by atoms with Crippen molar-refractivity contribution in [3.05, 3.63) is 88.7 Å². The van der Waals surface area contributed by atoms with Crippen LogP contribution < -0.4 is 14.8 Å². The largest absolute Gasteiger partial charge is 0.485 e. The molecular weight excluding hydrogens is 486 g/mol. The van der Waals surface area contributed by atoms with E-state index in [0.717, 1.165) is 19.6 Å². The molecule has 2 aromatic heterocycles. The van der Waals surface area contributed by atoms with Crippen molar-refractivity contribution in [3.63, 3.8) is 0 Å². The molecule has 1 aliphatic rings. The first-order chi connectivity index (χ1) is 18.6. The lowest BCUT2D eigenvalue weighted by Crippen LogP contribution is -2.33. The van der Waals surface area contributed by atoms with Crippen molar-refractivity contribution >= 4 is 28.3 Å². The number of carbonyl (C=O) groups excluding carboxylic acids is 1. The molecule has 10 nitrogen and oxygen atoms in total. The van der Waals surface area contributed by atoms with E-state index in [-0.39, 0.29) is 17.3 Å². The van der Waals surface area contributed by atoms with Crippen molar-refractivity contribution in [2.24, 2.45) is 0 Å². The summed E-state index contributed by atoms with van der Waals surface area (Å²) < 4.78 is 11.9. The van der Waals surface area contributed by atoms with E-state index in [1.807, 2.05) is 0 Å². The highest BCUT2D eigenvalue weighted by molar-refractivity contribution is 6.03. The molecule has 0 saturated carbocycles. The summed E-state index contributed by atoms with van der Waals surface area (Å²) in [6, 6.07) is 16.5. The number of benzene rings is 2. The van der Waals surface area contributed by atoms with Gasteiger partial charge in [0.05, 0.1) is 15.8 Å². The van der Waals surface area contributed by atoms with Crippen molar-refractivity contribution in [3.8, 4) is 17.2 Å². The molecule has 0 unspecified atom stereocenters. The third-order valence-electron chi connectivity index (χ3n) is 6.34. The van der Waals surface area contributed by atoms with Crippen LogP contribution in [0, 0.1) is 10.1 Å². The zero-order chi connectivity index (χ0) is 26.3. The van der Waals surface area contributed by atoms with Crippen molar-refractivity contribution in [2.75, 3.05) is 31.6 Å². The number of ether oxygens (including phenoxy) is 2. The topological polar surface area (TPSA) is 120 Å². The molecule has 1 amide bonds. The number of piperidine rings is 1. The lowest BCUT2D eigenvalue weighted by molar-refractivity contribution is -0.385. The van der Waals surface area contributed by atoms with Gasteiger partial charge in [0.1, 0.15) is 23.9 Å². The summed E-state index contributed by atoms with van der Waals surface area (Å²) in [5, 5.41) is 15.1. The number of nitrogens with one attached hydrogen (secondary N) is 1. The highest BCUT2D eigenvalue weighted by atomic mass is 16.6. The fraction of sp³-hybridized carbons (Fsp3) is 0.250. The second kappa shape index (κ2) is 11.7. The van der Waals surface area contributed by atoms with Gasteiger partial charge in [-0.3, -0.25) is 24.8 Å². The van der Waals surface area contributed by atoms with Crippen molar-refractivity contribution in [2.45, 2.75) is 19.3 Å². The first-order valence-electron chi connectivity index (χ1n) is 12.5. The molecule has 4 aromatic rings. The number of hydrogen-bond donors (Lipinski definition) is 1. The lowest BCUT2D eigenvalue weighted by atomic mass is 10.1. The molecule has 3 heterocycles. The molecule has 0 spiro atoms. The number of nitrogens with zero attached hydrogens (tertiary/aromatic N) is 4. The van der Waals surface area contributed by atoms with Crippen molar-refractivity contribution in [1.82, 2.24) is 14.9 Å². The van der Waals surface area contributed by atoms with Crippen LogP contribution in [0.2, 0.25) is 0 Å². The Balaban J connectivity index is 1.31. The molecule has 0 atom stereocenters. The predicted octanol–water partition coefficient (Wildman–Crippen LogP) is 5.45. The van der Waals surface area contributed by atoms with Gasteiger partial charge in [0, 0.05) is 36.6 Å². The number of amides is 1. The van der Waals surface area contributed by atoms with E-state index in [4.69, 9.17) is 9.47 Å². The Bertz CT molecular complexity index is 1420. The Kier molecular flexibility index (Phi) is 7.70. The molecule has 1 N–H and O–H groups in total. The monoisotopic (exact) mass is 513 g/mol. The quantitative estimate of drug-likeness (QED) is 0.232. The molecule has 194 valence electrons. The smallest absolute Gasteiger partial charge is 0.311 e. The fourth-order valence-electron chi connectivity index (χ4n) is 4.38. The molecule has 0 aliphatic carbocycles. The Morgan fingerprint density at radius 3 is 2.53 bits per heavy atom. The van der Waals surface area contributed by atoms with Gasteiger partial charge in [-0.25, -0.2) is 4.98 Å². The minimum absolute atomic E-state index is 0.143. The Morgan fingerprint density at radius 2 is 1.79 bits per heavy atom. The van der Waals surface area contributed by atoms with E-state index in [1.165, 1.54) is 25.3 Å². The summed E-state index contributed by atoms with van der Waals surface area (Å²) in [4.78, 5) is 34.6. The van der Waals surface area contributed by atoms with E-state index < -0.39 is 4.92 Å². The van der Waals surface area contributed by atoms with Gasteiger partial charge < -0.3 is 14.8 Å². The molecule has 1 fully saturated rings. The van der Waals surface area contributed by atoms with Crippen LogP contribution in [0.25, 0.3) is 10.9 Å². The van der Waals surface area contributed by atoms with Crippen LogP contribution in [0.4, 0.5) is 11.5 Å². The van der Waals surface area contributed by atoms with Gasteiger partial charge in [-0.1, -0.05) is 12.5 Å². The van der Waals surface area contributed by atoms with Crippen LogP contribution in [0.5, 0.6) is 17.2 Å². The number of fused-ring (bicyclic) bond motifs is 1. The summed E-state index contributed by atoms with van der Waals surface area (Å²) in [7, 11) is 0. The summed E-state index contributed by atoms with van der Waals surface area (Å²) in [5.41, 5.74) is 0.813. The molecule has 1 saturated heterocycles. The van der Waals surface area contributed by atoms with E-state index in [2.05, 4.69) is 20.2 Å². The summed E-state index contributed by atoms with van der Waals surface area (Å²) >= 11 is 0. The van der Waals surface area contributed by atoms with Crippen LogP contribution in [0.1, 0.15) is 29.6 Å². The van der Waals surface area contributed by atoms with Crippen LogP contribution in [-0.4, -0.2) is 51.9 Å². The number of anilines is 1. The Hall–Kier alpha value is -4.57. The Labute approximate surface area is 219 Å². The molecule has 1 aliphatic heterocycles. The molecule has 38 heavy (non-hydrogen) atoms. The second-order valence-electron chi connectivity index (χ2n) is 8.95. The number of aromatic nitrogens is 2. The average Bonchev–Trinajstić information content (AvgIpc) is 2.94. The van der Waals surface area contributed by atoms with Gasteiger partial charge in [-0.05, 0) is 68.4 Å². The van der Waals surface area contributed by atoms with Crippen molar-refractivity contribution in [1.29, 1.82) is 0 Å². The molecule has 2 aromatic carbocycles. The maximum absolute atomic E-state index is 12.5. The third-order valence-corrected chi connectivity index (χ3v) is 6.34. The molecule has 5 rings (SSSR count). The molecule has 10 heteroatoms. The highest BCUT2D eigenvalue weighted by Crippen LogP contribution is 2.37.